The zero-order chi connectivity index (χ0) is 33.0. The minimum Gasteiger partial charge on any atom is -0.507 e. The minimum absolute atomic E-state index is 0.0219. The number of methoxy groups -OCH3 is 1. The Morgan fingerprint density at radius 2 is 1.78 bits per heavy atom. The van der Waals surface area contributed by atoms with Gasteiger partial charge < -0.3 is 30.9 Å². The number of ketones is 4. The van der Waals surface area contributed by atoms with Crippen LogP contribution in [0.5, 0.6) is 11.5 Å². The number of nitrogens with zero attached hydrogens (tertiary/aromatic N) is 2. The second kappa shape index (κ2) is 12.1. The Hall–Kier alpha value is -3.97. The van der Waals surface area contributed by atoms with Crippen molar-refractivity contribution in [3.63, 3.8) is 0 Å². The smallest absolute Gasteiger partial charge is 0.235 e. The van der Waals surface area contributed by atoms with Crippen LogP contribution in [-0.4, -0.2) is 109 Å². The fraction of sp³-hybridized carbons (Fsp3) is 0.485. The summed E-state index contributed by atoms with van der Waals surface area (Å²) in [4.78, 5) is 70.8. The van der Waals surface area contributed by atoms with E-state index in [2.05, 4.69) is 10.2 Å². The Bertz CT molecular complexity index is 1590. The molecule has 3 aliphatic carbocycles. The molecule has 6 atom stereocenters. The summed E-state index contributed by atoms with van der Waals surface area (Å²) in [6, 6.07) is 7.67. The highest BCUT2D eigenvalue weighted by Crippen LogP contribution is 2.52. The second-order valence-corrected chi connectivity index (χ2v) is 12.8. The summed E-state index contributed by atoms with van der Waals surface area (Å²) in [5.74, 6) is -10.2. The van der Waals surface area contributed by atoms with Gasteiger partial charge in [-0.15, -0.1) is 0 Å². The van der Waals surface area contributed by atoms with Crippen LogP contribution in [0, 0.1) is 23.7 Å². The van der Waals surface area contributed by atoms with Gasteiger partial charge in [-0.3, -0.25) is 28.9 Å². The van der Waals surface area contributed by atoms with Gasteiger partial charge in [-0.25, -0.2) is 0 Å². The molecule has 0 spiro atoms. The molecule has 2 aromatic carbocycles. The lowest BCUT2D eigenvalue weighted by atomic mass is 9.52. The number of ether oxygens (including phenoxy) is 1. The number of hydrogen-bond acceptors (Lipinski definition) is 11. The van der Waals surface area contributed by atoms with E-state index in [1.165, 1.54) is 11.0 Å². The number of aliphatic hydroxyl groups is 1. The maximum atomic E-state index is 14.1. The SMILES string of the molecule is COc1ccc(CNCCN(C)C)cc1-c1ccc(O)c2c1CC1CC3C(N(C)C)C(=O)C(C(N)=O)C(=O)C3(O)C(=O)C1C2=O. The van der Waals surface area contributed by atoms with E-state index < -0.39 is 64.4 Å². The summed E-state index contributed by atoms with van der Waals surface area (Å²) < 4.78 is 5.68. The van der Waals surface area contributed by atoms with Crippen molar-refractivity contribution in [2.24, 2.45) is 29.4 Å². The summed E-state index contributed by atoms with van der Waals surface area (Å²) in [5, 5.41) is 26.1. The fourth-order valence-corrected chi connectivity index (χ4v) is 7.47. The van der Waals surface area contributed by atoms with Gasteiger partial charge in [0.1, 0.15) is 11.5 Å². The highest BCUT2D eigenvalue weighted by atomic mass is 16.5. The maximum Gasteiger partial charge on any atom is 0.235 e. The van der Waals surface area contributed by atoms with Gasteiger partial charge in [0.15, 0.2) is 34.7 Å². The molecule has 12 nitrogen and oxygen atoms in total. The van der Waals surface area contributed by atoms with E-state index in [-0.39, 0.29) is 24.2 Å². The molecular formula is C33H40N4O8. The fourth-order valence-electron chi connectivity index (χ4n) is 7.47. The number of nitrogens with two attached hydrogens (primary N) is 1. The quantitative estimate of drug-likeness (QED) is 0.222. The molecular weight excluding hydrogens is 580 g/mol. The predicted octanol–water partition coefficient (Wildman–Crippen LogP) is 0.194. The number of hydrogen-bond donors (Lipinski definition) is 4. The molecule has 2 saturated carbocycles. The number of phenolic OH excluding ortho intramolecular Hbond substituents is 1. The molecule has 0 heterocycles. The van der Waals surface area contributed by atoms with Crippen molar-refractivity contribution in [1.82, 2.24) is 15.1 Å². The average Bonchev–Trinajstić information content (AvgIpc) is 2.97. The van der Waals surface area contributed by atoms with Gasteiger partial charge in [-0.1, -0.05) is 12.1 Å². The second-order valence-electron chi connectivity index (χ2n) is 12.8. The van der Waals surface area contributed by atoms with E-state index in [0.29, 0.717) is 29.0 Å². The Kier molecular flexibility index (Phi) is 8.71. The number of rotatable bonds is 9. The molecule has 3 aliphatic rings. The first kappa shape index (κ1) is 32.4. The standard InChI is InChI=1S/C33H40N4O8/c1-36(2)11-10-35-15-16-6-9-23(45-5)19(12-16)18-7-8-22(38)25-20(18)13-17-14-21-27(37(3)4)29(40)26(32(34)43)31(42)33(21,44)30(41)24(17)28(25)39/h6-9,12,17,21,24,26-27,35,38,44H,10-11,13-15H2,1-5H3,(H2,34,43). The van der Waals surface area contributed by atoms with E-state index >= 15 is 0 Å². The number of carbonyl (C=O) groups is 5. The van der Waals surface area contributed by atoms with Crippen molar-refractivity contribution >= 4 is 29.0 Å². The third-order valence-corrected chi connectivity index (χ3v) is 9.56. The van der Waals surface area contributed by atoms with Gasteiger partial charge in [0, 0.05) is 31.1 Å². The molecule has 6 unspecified atom stereocenters. The lowest BCUT2D eigenvalue weighted by Crippen LogP contribution is -2.74. The summed E-state index contributed by atoms with van der Waals surface area (Å²) >= 11 is 0. The Morgan fingerprint density at radius 3 is 2.40 bits per heavy atom. The largest absolute Gasteiger partial charge is 0.507 e. The molecule has 45 heavy (non-hydrogen) atoms. The molecule has 5 N–H and O–H groups in total. The molecule has 0 saturated heterocycles. The number of likely N-dealkylation sites (N-methyl/N-ethyl adjacent to an activating group) is 2. The average molecular weight is 621 g/mol. The van der Waals surface area contributed by atoms with Crippen LogP contribution in [0.4, 0.5) is 0 Å². The van der Waals surface area contributed by atoms with E-state index in [4.69, 9.17) is 10.5 Å². The van der Waals surface area contributed by atoms with Crippen LogP contribution in [0.1, 0.15) is 27.9 Å². The third-order valence-electron chi connectivity index (χ3n) is 9.56. The van der Waals surface area contributed by atoms with Crippen molar-refractivity contribution < 1.29 is 38.9 Å². The monoisotopic (exact) mass is 620 g/mol. The number of Topliss-reactive ketones (excluding diaryl/α,β-unsaturated/α-hetero) is 4. The Balaban J connectivity index is 1.58. The molecule has 0 aromatic heterocycles. The van der Waals surface area contributed by atoms with Crippen LogP contribution >= 0.6 is 0 Å². The first-order valence-corrected chi connectivity index (χ1v) is 15.0. The van der Waals surface area contributed by atoms with Gasteiger partial charge >= 0.3 is 0 Å². The summed E-state index contributed by atoms with van der Waals surface area (Å²) in [5.41, 5.74) is 5.40. The minimum atomic E-state index is -2.76. The number of primary amides is 1. The lowest BCUT2D eigenvalue weighted by Gasteiger charge is -2.52. The molecule has 2 aromatic rings. The van der Waals surface area contributed by atoms with E-state index in [9.17, 15) is 34.2 Å². The van der Waals surface area contributed by atoms with Crippen LogP contribution in [0.25, 0.3) is 11.1 Å². The lowest BCUT2D eigenvalue weighted by molar-refractivity contribution is -0.181. The van der Waals surface area contributed by atoms with E-state index in [1.807, 2.05) is 32.3 Å². The molecule has 240 valence electrons. The van der Waals surface area contributed by atoms with Crippen LogP contribution in [0.3, 0.4) is 0 Å². The van der Waals surface area contributed by atoms with E-state index in [1.54, 1.807) is 27.3 Å². The van der Waals surface area contributed by atoms with Crippen LogP contribution < -0.4 is 15.8 Å². The molecule has 2 fully saturated rings. The summed E-state index contributed by atoms with van der Waals surface area (Å²) in [7, 11) is 8.64. The number of aromatic hydroxyl groups is 1. The van der Waals surface area contributed by atoms with Gasteiger partial charge in [0.2, 0.25) is 5.91 Å². The summed E-state index contributed by atoms with van der Waals surface area (Å²) in [6.45, 7) is 2.23. The molecule has 0 bridgehead atoms. The van der Waals surface area contributed by atoms with Crippen LogP contribution in [-0.2, 0) is 32.1 Å². The topological polar surface area (TPSA) is 180 Å². The first-order chi connectivity index (χ1) is 21.2. The highest BCUT2D eigenvalue weighted by Gasteiger charge is 2.69. The number of amides is 1. The molecule has 1 amide bonds. The first-order valence-electron chi connectivity index (χ1n) is 15.0. The zero-order valence-corrected chi connectivity index (χ0v) is 26.1. The van der Waals surface area contributed by atoms with Crippen LogP contribution in [0.2, 0.25) is 0 Å². The van der Waals surface area contributed by atoms with Gasteiger partial charge in [0.05, 0.1) is 24.6 Å². The molecule has 0 radical (unpaired) electrons. The summed E-state index contributed by atoms with van der Waals surface area (Å²) in [6.07, 6.45) is 0.135. The van der Waals surface area contributed by atoms with Gasteiger partial charge in [-0.2, -0.15) is 0 Å². The highest BCUT2D eigenvalue weighted by molar-refractivity contribution is 6.32. The third kappa shape index (κ3) is 5.25. The normalized spacial score (nSPS) is 27.8. The van der Waals surface area contributed by atoms with Crippen LogP contribution in [0.15, 0.2) is 30.3 Å². The number of fused-ring (bicyclic) bond motifs is 3. The maximum absolute atomic E-state index is 14.1. The van der Waals surface area contributed by atoms with E-state index in [0.717, 1.165) is 18.7 Å². The van der Waals surface area contributed by atoms with Crippen molar-refractivity contribution in [3.8, 4) is 22.6 Å². The van der Waals surface area contributed by atoms with Gasteiger partial charge in [0.25, 0.3) is 0 Å². The molecule has 12 heteroatoms. The zero-order valence-electron chi connectivity index (χ0n) is 26.1. The number of benzene rings is 2. The Morgan fingerprint density at radius 1 is 1.07 bits per heavy atom. The number of phenols is 1. The Labute approximate surface area is 261 Å². The number of nitrogens with one attached hydrogen (secondary N) is 1. The number of carbonyl (C=O) groups excluding carboxylic acids is 5. The van der Waals surface area contributed by atoms with Crippen molar-refractivity contribution in [2.75, 3.05) is 48.4 Å². The molecule has 0 aliphatic heterocycles. The van der Waals surface area contributed by atoms with Crippen molar-refractivity contribution in [3.05, 3.63) is 47.0 Å². The van der Waals surface area contributed by atoms with Gasteiger partial charge in [-0.05, 0) is 81.8 Å². The van der Waals surface area contributed by atoms with Crippen molar-refractivity contribution in [2.45, 2.75) is 31.0 Å². The molecule has 5 rings (SSSR count). The van der Waals surface area contributed by atoms with Crippen molar-refractivity contribution in [1.29, 1.82) is 0 Å². The predicted molar refractivity (Wildman–Crippen MR) is 164 cm³/mol.